The van der Waals surface area contributed by atoms with Gasteiger partial charge >= 0.3 is 0 Å². The first kappa shape index (κ1) is 12.5. The third-order valence-electron chi connectivity index (χ3n) is 3.61. The molecule has 1 N–H and O–H groups in total. The van der Waals surface area contributed by atoms with Gasteiger partial charge in [0.1, 0.15) is 5.82 Å². The van der Waals surface area contributed by atoms with Gasteiger partial charge in [0.25, 0.3) is 0 Å². The fourth-order valence-electron chi connectivity index (χ4n) is 2.69. The highest BCUT2D eigenvalue weighted by atomic mass is 15.0. The lowest BCUT2D eigenvalue weighted by molar-refractivity contribution is 0.388. The second-order valence-electron chi connectivity index (χ2n) is 5.12. The Kier molecular flexibility index (Phi) is 4.49. The van der Waals surface area contributed by atoms with Gasteiger partial charge < -0.3 is 5.32 Å². The van der Waals surface area contributed by atoms with Crippen LogP contribution in [-0.2, 0) is 0 Å². The van der Waals surface area contributed by atoms with Gasteiger partial charge in [0.2, 0.25) is 0 Å². The number of hydrogen-bond acceptors (Lipinski definition) is 3. The quantitative estimate of drug-likeness (QED) is 0.849. The maximum Gasteiger partial charge on any atom is 0.145 e. The van der Waals surface area contributed by atoms with Crippen LogP contribution >= 0.6 is 0 Å². The summed E-state index contributed by atoms with van der Waals surface area (Å²) >= 11 is 0. The standard InChI is InChI=1S/C14H23N3/c1-3-15-13(8-12-6-4-5-7-12)14-16-9-11(2)10-17-14/h9-10,12-13,15H,3-8H2,1-2H3. The molecular formula is C14H23N3. The van der Waals surface area contributed by atoms with E-state index in [0.717, 1.165) is 23.9 Å². The van der Waals surface area contributed by atoms with Crippen molar-refractivity contribution in [1.82, 2.24) is 15.3 Å². The predicted octanol–water partition coefficient (Wildman–Crippen LogP) is 3.02. The summed E-state index contributed by atoms with van der Waals surface area (Å²) in [5.74, 6) is 1.83. The molecule has 1 fully saturated rings. The largest absolute Gasteiger partial charge is 0.308 e. The van der Waals surface area contributed by atoms with Crippen LogP contribution in [0.2, 0.25) is 0 Å². The first-order valence-corrected chi connectivity index (χ1v) is 6.81. The van der Waals surface area contributed by atoms with E-state index < -0.39 is 0 Å². The molecule has 1 saturated carbocycles. The molecular weight excluding hydrogens is 210 g/mol. The molecule has 0 bridgehead atoms. The van der Waals surface area contributed by atoms with Crippen LogP contribution in [0.25, 0.3) is 0 Å². The number of nitrogens with one attached hydrogen (secondary N) is 1. The van der Waals surface area contributed by atoms with Gasteiger partial charge in [0, 0.05) is 12.4 Å². The molecule has 1 aromatic heterocycles. The second kappa shape index (κ2) is 6.10. The lowest BCUT2D eigenvalue weighted by Gasteiger charge is -2.20. The Hall–Kier alpha value is -0.960. The van der Waals surface area contributed by atoms with Crippen LogP contribution < -0.4 is 5.32 Å². The summed E-state index contributed by atoms with van der Waals surface area (Å²) in [4.78, 5) is 8.93. The zero-order chi connectivity index (χ0) is 12.1. The van der Waals surface area contributed by atoms with Gasteiger partial charge in [-0.25, -0.2) is 9.97 Å². The molecule has 0 aromatic carbocycles. The van der Waals surface area contributed by atoms with Crippen molar-refractivity contribution in [3.63, 3.8) is 0 Å². The summed E-state index contributed by atoms with van der Waals surface area (Å²) in [5.41, 5.74) is 1.13. The zero-order valence-corrected chi connectivity index (χ0v) is 10.9. The fourth-order valence-corrected chi connectivity index (χ4v) is 2.69. The molecule has 1 unspecified atom stereocenters. The molecule has 0 saturated heterocycles. The highest BCUT2D eigenvalue weighted by Crippen LogP contribution is 2.31. The molecule has 1 aliphatic carbocycles. The summed E-state index contributed by atoms with van der Waals surface area (Å²) in [7, 11) is 0. The van der Waals surface area contributed by atoms with E-state index in [1.54, 1.807) is 0 Å². The molecule has 2 rings (SSSR count). The molecule has 1 heterocycles. The Morgan fingerprint density at radius 1 is 1.29 bits per heavy atom. The summed E-state index contributed by atoms with van der Waals surface area (Å²) in [5, 5.41) is 3.52. The highest BCUT2D eigenvalue weighted by molar-refractivity contribution is 5.05. The zero-order valence-electron chi connectivity index (χ0n) is 10.9. The summed E-state index contributed by atoms with van der Waals surface area (Å²) < 4.78 is 0. The third kappa shape index (κ3) is 3.50. The van der Waals surface area contributed by atoms with Crippen LogP contribution in [0.3, 0.4) is 0 Å². The van der Waals surface area contributed by atoms with Crippen LogP contribution in [-0.4, -0.2) is 16.5 Å². The molecule has 0 amide bonds. The molecule has 0 aliphatic heterocycles. The van der Waals surface area contributed by atoms with Crippen molar-refractivity contribution >= 4 is 0 Å². The molecule has 1 aliphatic rings. The average molecular weight is 233 g/mol. The molecule has 0 spiro atoms. The van der Waals surface area contributed by atoms with E-state index in [4.69, 9.17) is 0 Å². The minimum atomic E-state index is 0.337. The second-order valence-corrected chi connectivity index (χ2v) is 5.12. The van der Waals surface area contributed by atoms with E-state index in [2.05, 4.69) is 22.2 Å². The minimum absolute atomic E-state index is 0.337. The fraction of sp³-hybridized carbons (Fsp3) is 0.714. The topological polar surface area (TPSA) is 37.8 Å². The van der Waals surface area contributed by atoms with Crippen molar-refractivity contribution in [1.29, 1.82) is 0 Å². The van der Waals surface area contributed by atoms with E-state index in [-0.39, 0.29) is 0 Å². The lowest BCUT2D eigenvalue weighted by atomic mass is 9.98. The van der Waals surface area contributed by atoms with Gasteiger partial charge in [-0.2, -0.15) is 0 Å². The van der Waals surface area contributed by atoms with E-state index in [9.17, 15) is 0 Å². The van der Waals surface area contributed by atoms with Gasteiger partial charge in [-0.1, -0.05) is 32.6 Å². The Morgan fingerprint density at radius 2 is 1.94 bits per heavy atom. The number of aromatic nitrogens is 2. The van der Waals surface area contributed by atoms with Crippen molar-refractivity contribution in [3.8, 4) is 0 Å². The Bertz CT molecular complexity index is 328. The summed E-state index contributed by atoms with van der Waals surface area (Å²) in [6, 6.07) is 0.337. The van der Waals surface area contributed by atoms with Gasteiger partial charge in [-0.15, -0.1) is 0 Å². The first-order valence-electron chi connectivity index (χ1n) is 6.81. The van der Waals surface area contributed by atoms with Gasteiger partial charge in [0.15, 0.2) is 0 Å². The molecule has 3 nitrogen and oxygen atoms in total. The van der Waals surface area contributed by atoms with Crippen molar-refractivity contribution in [3.05, 3.63) is 23.8 Å². The molecule has 1 aromatic rings. The van der Waals surface area contributed by atoms with Gasteiger partial charge in [-0.3, -0.25) is 0 Å². The van der Waals surface area contributed by atoms with Crippen molar-refractivity contribution in [2.24, 2.45) is 5.92 Å². The molecule has 0 radical (unpaired) electrons. The predicted molar refractivity (Wildman–Crippen MR) is 69.8 cm³/mol. The Morgan fingerprint density at radius 3 is 2.53 bits per heavy atom. The van der Waals surface area contributed by atoms with Gasteiger partial charge in [0.05, 0.1) is 6.04 Å². The van der Waals surface area contributed by atoms with Crippen LogP contribution in [0.15, 0.2) is 12.4 Å². The number of aryl methyl sites for hydroxylation is 1. The van der Waals surface area contributed by atoms with Gasteiger partial charge in [-0.05, 0) is 31.4 Å². The number of nitrogens with zero attached hydrogens (tertiary/aromatic N) is 2. The third-order valence-corrected chi connectivity index (χ3v) is 3.61. The SMILES string of the molecule is CCNC(CC1CCCC1)c1ncc(C)cn1. The smallest absolute Gasteiger partial charge is 0.145 e. The van der Waals surface area contributed by atoms with Crippen LogP contribution in [0.1, 0.15) is 56.5 Å². The number of rotatable bonds is 5. The maximum atomic E-state index is 4.47. The summed E-state index contributed by atoms with van der Waals surface area (Å²) in [6.45, 7) is 5.16. The molecule has 17 heavy (non-hydrogen) atoms. The van der Waals surface area contributed by atoms with E-state index in [1.165, 1.54) is 32.1 Å². The normalized spacial score (nSPS) is 18.5. The maximum absolute atomic E-state index is 4.47. The monoisotopic (exact) mass is 233 g/mol. The summed E-state index contributed by atoms with van der Waals surface area (Å²) in [6.07, 6.45) is 10.6. The highest BCUT2D eigenvalue weighted by Gasteiger charge is 2.22. The van der Waals surface area contributed by atoms with Crippen molar-refractivity contribution in [2.75, 3.05) is 6.54 Å². The minimum Gasteiger partial charge on any atom is -0.308 e. The van der Waals surface area contributed by atoms with Crippen LogP contribution in [0.4, 0.5) is 0 Å². The molecule has 3 heteroatoms. The molecule has 94 valence electrons. The Balaban J connectivity index is 2.02. The van der Waals surface area contributed by atoms with E-state index in [1.807, 2.05) is 19.3 Å². The van der Waals surface area contributed by atoms with Crippen LogP contribution in [0.5, 0.6) is 0 Å². The van der Waals surface area contributed by atoms with Crippen LogP contribution in [0, 0.1) is 12.8 Å². The first-order chi connectivity index (χ1) is 8.29. The van der Waals surface area contributed by atoms with E-state index in [0.29, 0.717) is 6.04 Å². The lowest BCUT2D eigenvalue weighted by Crippen LogP contribution is -2.24. The van der Waals surface area contributed by atoms with Crippen molar-refractivity contribution in [2.45, 2.75) is 52.0 Å². The molecule has 1 atom stereocenters. The van der Waals surface area contributed by atoms with E-state index >= 15 is 0 Å². The average Bonchev–Trinajstić information content (AvgIpc) is 2.82. The van der Waals surface area contributed by atoms with Crippen molar-refractivity contribution < 1.29 is 0 Å². The number of hydrogen-bond donors (Lipinski definition) is 1. The Labute approximate surface area is 104 Å².